The molecule has 1 aliphatic heterocycles. The van der Waals surface area contributed by atoms with E-state index in [-0.39, 0.29) is 11.7 Å². The van der Waals surface area contributed by atoms with Gasteiger partial charge in [0.2, 0.25) is 5.91 Å². The molecule has 0 bridgehead atoms. The van der Waals surface area contributed by atoms with Gasteiger partial charge < -0.3 is 5.32 Å². The van der Waals surface area contributed by atoms with Crippen molar-refractivity contribution < 1.29 is 13.2 Å². The third-order valence-corrected chi connectivity index (χ3v) is 5.59. The van der Waals surface area contributed by atoms with Gasteiger partial charge in [0.15, 0.2) is 9.84 Å². The SMILES string of the molecule is CCc1ccc(S(=O)(=O)CC2CCCCNC2=O)cc1. The number of aryl methyl sites for hydroxylation is 1. The van der Waals surface area contributed by atoms with Crippen molar-refractivity contribution in [3.05, 3.63) is 29.8 Å². The van der Waals surface area contributed by atoms with Crippen LogP contribution in [-0.2, 0) is 21.1 Å². The maximum atomic E-state index is 12.4. The summed E-state index contributed by atoms with van der Waals surface area (Å²) < 4.78 is 24.8. The number of hydrogen-bond donors (Lipinski definition) is 1. The van der Waals surface area contributed by atoms with Crippen LogP contribution in [0, 0.1) is 5.92 Å². The van der Waals surface area contributed by atoms with Crippen molar-refractivity contribution in [3.8, 4) is 0 Å². The second kappa shape index (κ2) is 6.39. The molecule has 2 rings (SSSR count). The van der Waals surface area contributed by atoms with Gasteiger partial charge in [-0.05, 0) is 37.0 Å². The van der Waals surface area contributed by atoms with E-state index in [1.165, 1.54) is 0 Å². The van der Waals surface area contributed by atoms with Gasteiger partial charge >= 0.3 is 0 Å². The lowest BCUT2D eigenvalue weighted by molar-refractivity contribution is -0.124. The molecule has 1 aliphatic rings. The molecule has 0 radical (unpaired) electrons. The normalized spacial score (nSPS) is 20.2. The highest BCUT2D eigenvalue weighted by Gasteiger charge is 2.27. The van der Waals surface area contributed by atoms with E-state index in [1.54, 1.807) is 12.1 Å². The van der Waals surface area contributed by atoms with E-state index < -0.39 is 15.8 Å². The largest absolute Gasteiger partial charge is 0.356 e. The molecule has 4 nitrogen and oxygen atoms in total. The Morgan fingerprint density at radius 1 is 1.20 bits per heavy atom. The number of carbonyl (C=O) groups excluding carboxylic acids is 1. The maximum Gasteiger partial charge on any atom is 0.224 e. The van der Waals surface area contributed by atoms with Crippen LogP contribution < -0.4 is 5.32 Å². The molecule has 1 saturated heterocycles. The molecular weight excluding hydrogens is 274 g/mol. The summed E-state index contributed by atoms with van der Waals surface area (Å²) in [5.74, 6) is -0.644. The molecule has 110 valence electrons. The highest BCUT2D eigenvalue weighted by atomic mass is 32.2. The Morgan fingerprint density at radius 3 is 2.55 bits per heavy atom. The van der Waals surface area contributed by atoms with Crippen LogP contribution in [0.4, 0.5) is 0 Å². The molecule has 0 spiro atoms. The molecule has 5 heteroatoms. The Morgan fingerprint density at radius 2 is 1.90 bits per heavy atom. The summed E-state index contributed by atoms with van der Waals surface area (Å²) in [7, 11) is -3.39. The van der Waals surface area contributed by atoms with E-state index in [9.17, 15) is 13.2 Å². The van der Waals surface area contributed by atoms with E-state index in [4.69, 9.17) is 0 Å². The molecule has 0 aliphatic carbocycles. The average Bonchev–Trinajstić information content (AvgIpc) is 2.64. The molecular formula is C15H21NO3S. The van der Waals surface area contributed by atoms with E-state index >= 15 is 0 Å². The molecule has 1 aromatic carbocycles. The smallest absolute Gasteiger partial charge is 0.224 e. The zero-order valence-corrected chi connectivity index (χ0v) is 12.6. The summed E-state index contributed by atoms with van der Waals surface area (Å²) in [6.45, 7) is 2.68. The Hall–Kier alpha value is -1.36. The Kier molecular flexibility index (Phi) is 4.81. The monoisotopic (exact) mass is 295 g/mol. The van der Waals surface area contributed by atoms with Crippen LogP contribution in [0.5, 0.6) is 0 Å². The number of benzene rings is 1. The van der Waals surface area contributed by atoms with E-state index in [0.29, 0.717) is 17.9 Å². The van der Waals surface area contributed by atoms with Crippen LogP contribution in [0.25, 0.3) is 0 Å². The van der Waals surface area contributed by atoms with Gasteiger partial charge in [-0.15, -0.1) is 0 Å². The van der Waals surface area contributed by atoms with Gasteiger partial charge in [0, 0.05) is 6.54 Å². The van der Waals surface area contributed by atoms with E-state index in [0.717, 1.165) is 24.8 Å². The Balaban J connectivity index is 2.14. The van der Waals surface area contributed by atoms with Crippen LogP contribution in [0.2, 0.25) is 0 Å². The summed E-state index contributed by atoms with van der Waals surface area (Å²) in [4.78, 5) is 12.2. The standard InChI is InChI=1S/C15H21NO3S/c1-2-12-6-8-14(9-7-12)20(18,19)11-13-5-3-4-10-16-15(13)17/h6-9,13H,2-5,10-11H2,1H3,(H,16,17). The second-order valence-electron chi connectivity index (χ2n) is 5.26. The van der Waals surface area contributed by atoms with Crippen molar-refractivity contribution in [3.63, 3.8) is 0 Å². The van der Waals surface area contributed by atoms with Crippen LogP contribution in [0.3, 0.4) is 0 Å². The first-order chi connectivity index (χ1) is 9.53. The quantitative estimate of drug-likeness (QED) is 0.923. The third-order valence-electron chi connectivity index (χ3n) is 3.76. The molecule has 0 aromatic heterocycles. The maximum absolute atomic E-state index is 12.4. The lowest BCUT2D eigenvalue weighted by Crippen LogP contribution is -2.33. The lowest BCUT2D eigenvalue weighted by atomic mass is 10.1. The fraction of sp³-hybridized carbons (Fsp3) is 0.533. The van der Waals surface area contributed by atoms with Gasteiger partial charge in [-0.3, -0.25) is 4.79 Å². The molecule has 1 aromatic rings. The minimum atomic E-state index is -3.39. The van der Waals surface area contributed by atoms with Crippen molar-refractivity contribution >= 4 is 15.7 Å². The van der Waals surface area contributed by atoms with Crippen molar-refractivity contribution in [1.82, 2.24) is 5.32 Å². The third kappa shape index (κ3) is 3.60. The zero-order valence-electron chi connectivity index (χ0n) is 11.8. The molecule has 1 heterocycles. The van der Waals surface area contributed by atoms with Crippen molar-refractivity contribution in [2.75, 3.05) is 12.3 Å². The predicted octanol–water partition coefficient (Wildman–Crippen LogP) is 1.94. The zero-order chi connectivity index (χ0) is 14.6. The van der Waals surface area contributed by atoms with Crippen molar-refractivity contribution in [2.45, 2.75) is 37.5 Å². The summed E-state index contributed by atoms with van der Waals surface area (Å²) in [6.07, 6.45) is 3.35. The molecule has 1 N–H and O–H groups in total. The molecule has 1 atom stereocenters. The summed E-state index contributed by atoms with van der Waals surface area (Å²) in [5, 5.41) is 2.78. The fourth-order valence-electron chi connectivity index (χ4n) is 2.46. The summed E-state index contributed by atoms with van der Waals surface area (Å²) >= 11 is 0. The summed E-state index contributed by atoms with van der Waals surface area (Å²) in [5.41, 5.74) is 1.11. The number of carbonyl (C=O) groups is 1. The highest BCUT2D eigenvalue weighted by molar-refractivity contribution is 7.91. The second-order valence-corrected chi connectivity index (χ2v) is 7.30. The number of nitrogens with one attached hydrogen (secondary N) is 1. The van der Waals surface area contributed by atoms with Crippen molar-refractivity contribution in [2.24, 2.45) is 5.92 Å². The molecule has 0 saturated carbocycles. The average molecular weight is 295 g/mol. The first-order valence-corrected chi connectivity index (χ1v) is 8.77. The Bertz CT molecular complexity index is 563. The van der Waals surface area contributed by atoms with Gasteiger partial charge in [0.25, 0.3) is 0 Å². The minimum Gasteiger partial charge on any atom is -0.356 e. The van der Waals surface area contributed by atoms with Gasteiger partial charge in [-0.1, -0.05) is 25.5 Å². The number of hydrogen-bond acceptors (Lipinski definition) is 3. The number of sulfone groups is 1. The van der Waals surface area contributed by atoms with Gasteiger partial charge in [-0.2, -0.15) is 0 Å². The lowest BCUT2D eigenvalue weighted by Gasteiger charge is -2.13. The number of amides is 1. The number of rotatable bonds is 4. The van der Waals surface area contributed by atoms with Crippen LogP contribution in [0.1, 0.15) is 31.7 Å². The van der Waals surface area contributed by atoms with E-state index in [2.05, 4.69) is 5.32 Å². The van der Waals surface area contributed by atoms with E-state index in [1.807, 2.05) is 19.1 Å². The highest BCUT2D eigenvalue weighted by Crippen LogP contribution is 2.20. The topological polar surface area (TPSA) is 63.2 Å². The Labute approximate surface area is 120 Å². The molecule has 1 unspecified atom stereocenters. The predicted molar refractivity (Wildman–Crippen MR) is 78.2 cm³/mol. The van der Waals surface area contributed by atoms with Crippen molar-refractivity contribution in [1.29, 1.82) is 0 Å². The van der Waals surface area contributed by atoms with Crippen LogP contribution >= 0.6 is 0 Å². The first-order valence-electron chi connectivity index (χ1n) is 7.12. The van der Waals surface area contributed by atoms with Gasteiger partial charge in [0.1, 0.15) is 0 Å². The molecule has 1 amide bonds. The van der Waals surface area contributed by atoms with Gasteiger partial charge in [0.05, 0.1) is 16.6 Å². The van der Waals surface area contributed by atoms with Gasteiger partial charge in [-0.25, -0.2) is 8.42 Å². The van der Waals surface area contributed by atoms with Crippen LogP contribution in [-0.4, -0.2) is 26.6 Å². The van der Waals surface area contributed by atoms with Crippen LogP contribution in [0.15, 0.2) is 29.2 Å². The molecule has 20 heavy (non-hydrogen) atoms. The summed E-state index contributed by atoms with van der Waals surface area (Å²) in [6, 6.07) is 6.95. The molecule has 1 fully saturated rings. The minimum absolute atomic E-state index is 0.0930. The first kappa shape index (κ1) is 15.0. The fourth-order valence-corrected chi connectivity index (χ4v) is 4.05.